The van der Waals surface area contributed by atoms with Crippen LogP contribution in [-0.2, 0) is 71.9 Å². The second kappa shape index (κ2) is 50.3. The minimum atomic E-state index is -1.38. The molecule has 0 fully saturated rings. The fourth-order valence-electron chi connectivity index (χ4n) is 10.8. The highest BCUT2D eigenvalue weighted by atomic mass is 32.2. The van der Waals surface area contributed by atoms with Crippen molar-refractivity contribution in [3.05, 3.63) is 0 Å². The summed E-state index contributed by atoms with van der Waals surface area (Å²) in [5, 5.41) is 46.4. The summed E-state index contributed by atoms with van der Waals surface area (Å²) in [5.74, 6) is -13.6. The number of aliphatic carboxylic acids is 1. The van der Waals surface area contributed by atoms with Gasteiger partial charge in [-0.05, 0) is 151 Å². The first-order valence-corrected chi connectivity index (χ1v) is 39.3. The molecule has 0 bridgehead atoms. The normalized spacial score (nSPS) is 16.1. The molecule has 0 aliphatic rings. The third-order valence-corrected chi connectivity index (χ3v) is 18.3. The van der Waals surface area contributed by atoms with Gasteiger partial charge >= 0.3 is 5.97 Å². The van der Waals surface area contributed by atoms with Crippen molar-refractivity contribution in [2.24, 2.45) is 58.8 Å². The van der Waals surface area contributed by atoms with E-state index >= 15 is 0 Å². The van der Waals surface area contributed by atoms with Crippen molar-refractivity contribution in [2.45, 2.75) is 293 Å². The predicted octanol–water partition coefficient (Wildman–Crippen LogP) is 0.666. The van der Waals surface area contributed by atoms with Crippen LogP contribution in [0.15, 0.2) is 0 Å². The quantitative estimate of drug-likeness (QED) is 0.0294. The second-order valence-electron chi connectivity index (χ2n) is 30.5. The maximum atomic E-state index is 14.4. The van der Waals surface area contributed by atoms with Crippen molar-refractivity contribution in [3.63, 3.8) is 0 Å². The zero-order valence-electron chi connectivity index (χ0n) is 66.6. The molecule has 0 aromatic rings. The Labute approximate surface area is 638 Å². The molecule has 0 rings (SSSR count). The summed E-state index contributed by atoms with van der Waals surface area (Å²) >= 11 is 5.84. The molecular weight excluding hydrogens is 1410 g/mol. The zero-order valence-corrected chi connectivity index (χ0v) is 68.3. The van der Waals surface area contributed by atoms with Crippen LogP contribution >= 0.6 is 24.4 Å². The van der Waals surface area contributed by atoms with E-state index < -0.39 is 197 Å². The van der Waals surface area contributed by atoms with Crippen molar-refractivity contribution < 1.29 is 77.0 Å². The fourth-order valence-corrected chi connectivity index (χ4v) is 11.6. The van der Waals surface area contributed by atoms with Crippen LogP contribution in [0.5, 0.6) is 0 Å². The van der Waals surface area contributed by atoms with Gasteiger partial charge in [0.1, 0.15) is 84.6 Å². The third-order valence-electron chi connectivity index (χ3n) is 17.3. The van der Waals surface area contributed by atoms with Crippen molar-refractivity contribution in [3.8, 4) is 0 Å². The highest BCUT2D eigenvalue weighted by molar-refractivity contribution is 7.98. The number of rotatable bonds is 51. The number of carbonyl (C=O) groups excluding carboxylic acids is 14. The highest BCUT2D eigenvalue weighted by Crippen LogP contribution is 2.17. The number of hydrogen-bond acceptors (Lipinski definition) is 19. The van der Waals surface area contributed by atoms with Crippen LogP contribution in [0.1, 0.15) is 203 Å². The molecule has 16 atom stereocenters. The number of amides is 14. The Kier molecular flexibility index (Phi) is 46.8. The van der Waals surface area contributed by atoms with E-state index in [1.165, 1.54) is 39.5 Å². The van der Waals surface area contributed by atoms with E-state index in [1.54, 1.807) is 83.1 Å². The van der Waals surface area contributed by atoms with Gasteiger partial charge in [0.25, 0.3) is 0 Å². The Morgan fingerprint density at radius 1 is 0.340 bits per heavy atom. The third kappa shape index (κ3) is 37.5. The van der Waals surface area contributed by atoms with Gasteiger partial charge in [-0.25, -0.2) is 0 Å². The zero-order chi connectivity index (χ0) is 81.7. The first-order valence-electron chi connectivity index (χ1n) is 37.3. The number of nitrogens with one attached hydrogen (secondary N) is 14. The van der Waals surface area contributed by atoms with Gasteiger partial charge in [-0.2, -0.15) is 24.4 Å². The minimum Gasteiger partial charge on any atom is -0.480 e. The molecule has 0 saturated heterocycles. The van der Waals surface area contributed by atoms with Crippen LogP contribution in [0, 0.1) is 47.3 Å². The lowest BCUT2D eigenvalue weighted by Crippen LogP contribution is -2.62. The number of thiol groups is 1. The predicted molar refractivity (Wildman–Crippen MR) is 412 cm³/mol. The SMILES string of the molecule is CCC(C)[C@H](NC(=O)[C@H](CC(C)C)NC(=O)[C@@H](NC(=O)[C@H](CCCCN)NC(=O)[C@@H](N)CCSC)C(C)C)C(=O)N[C@@H](CC(C)C)C(=O)N[C@@H](C)C(=O)N[C@H](CS)C(=O)N[C@@H](CC(C)C)C(=O)N[C@H](C(=O)N[C@@H](C)C(=O)N[C@@H](CC(C)C)C(=O)N[C@@H](C)C(=O)N[C@@H](CC(C)C)C(=O)N[C@@H](C)C(=O)O)C(C)C. The van der Waals surface area contributed by atoms with E-state index in [0.29, 0.717) is 38.0 Å². The molecule has 0 heterocycles. The lowest BCUT2D eigenvalue weighted by Gasteiger charge is -2.31. The summed E-state index contributed by atoms with van der Waals surface area (Å²) in [7, 11) is 0. The molecule has 0 aromatic carbocycles. The van der Waals surface area contributed by atoms with Crippen molar-refractivity contribution >= 4 is 113 Å². The summed E-state index contributed by atoms with van der Waals surface area (Å²) in [6.45, 7) is 34.0. The molecule has 14 amide bonds. The Morgan fingerprint density at radius 2 is 0.613 bits per heavy atom. The maximum Gasteiger partial charge on any atom is 0.325 e. The van der Waals surface area contributed by atoms with Gasteiger partial charge in [-0.1, -0.05) is 117 Å². The van der Waals surface area contributed by atoms with Crippen LogP contribution in [0.4, 0.5) is 0 Å². The van der Waals surface area contributed by atoms with Crippen LogP contribution in [-0.4, -0.2) is 209 Å². The lowest BCUT2D eigenvalue weighted by molar-refractivity contribution is -0.142. The van der Waals surface area contributed by atoms with Gasteiger partial charge in [0.2, 0.25) is 82.7 Å². The highest BCUT2D eigenvalue weighted by Gasteiger charge is 2.39. The number of carboxylic acids is 1. The van der Waals surface area contributed by atoms with E-state index in [0.717, 1.165) is 0 Å². The number of unbranched alkanes of at least 4 members (excludes halogenated alkanes) is 1. The van der Waals surface area contributed by atoms with Gasteiger partial charge in [-0.3, -0.25) is 71.9 Å². The minimum absolute atomic E-state index is 0.0535. The monoisotopic (exact) mass is 1540 g/mol. The molecule has 0 aliphatic carbocycles. The Hall–Kier alpha value is -7.33. The van der Waals surface area contributed by atoms with Gasteiger partial charge in [0.05, 0.1) is 6.04 Å². The fraction of sp³-hybridized carbons (Fsp3) is 0.792. The van der Waals surface area contributed by atoms with Crippen molar-refractivity contribution in [1.82, 2.24) is 74.4 Å². The van der Waals surface area contributed by atoms with Gasteiger partial charge < -0.3 is 91.0 Å². The lowest BCUT2D eigenvalue weighted by atomic mass is 9.95. The molecule has 0 saturated carbocycles. The number of carbonyl (C=O) groups is 15. The standard InChI is InChI=1S/C72H132N16O16S2/c1-22-42(16)57(88-67(98)53(33-39(10)11)83-70(101)56(41(14)15)86-62(93)48(25-23-24-27-73)79-61(92)47(74)26-28-106-21)71(102)84-51(31-37(6)7)64(95)76-44(18)60(91)85-54(34-105)68(99)82-52(32-38(8)9)66(97)87-55(40(12)13)69(100)77-45(19)59(90)80-49(29-35(2)3)63(94)75-43(17)58(89)81-50(30-36(4)5)65(96)78-46(20)72(103)104/h35-57,105H,22-34,73-74H2,1-21H3,(H,75,94)(H,76,95)(H,77,100)(H,78,96)(H,79,92)(H,80,90)(H,81,89)(H,82,99)(H,83,101)(H,84,102)(H,85,91)(H,86,93)(H,87,97)(H,88,98)(H,103,104)/t42?,43-,44-,45-,46-,47-,48-,49-,50-,51-,52-,53-,54+,55-,56-,57-/m0/s1. The molecule has 0 radical (unpaired) electrons. The van der Waals surface area contributed by atoms with Crippen LogP contribution in [0.2, 0.25) is 0 Å². The molecule has 34 heteroatoms. The molecule has 0 spiro atoms. The molecule has 19 N–H and O–H groups in total. The van der Waals surface area contributed by atoms with E-state index in [9.17, 15) is 77.0 Å². The second-order valence-corrected chi connectivity index (χ2v) is 31.9. The summed E-state index contributed by atoms with van der Waals surface area (Å²) in [5.41, 5.74) is 11.8. The average Bonchev–Trinajstić information content (AvgIpc) is 0.851. The number of thioether (sulfide) groups is 1. The largest absolute Gasteiger partial charge is 0.480 e. The van der Waals surface area contributed by atoms with Gasteiger partial charge in [-0.15, -0.1) is 0 Å². The van der Waals surface area contributed by atoms with Crippen LogP contribution in [0.25, 0.3) is 0 Å². The van der Waals surface area contributed by atoms with Gasteiger partial charge in [0, 0.05) is 5.75 Å². The number of carboxylic acid groups (broad SMARTS) is 1. The topological polar surface area (TPSA) is 497 Å². The Bertz CT molecular complexity index is 2890. The van der Waals surface area contributed by atoms with E-state index in [-0.39, 0.29) is 73.9 Å². The smallest absolute Gasteiger partial charge is 0.325 e. The van der Waals surface area contributed by atoms with Crippen molar-refractivity contribution in [1.29, 1.82) is 0 Å². The average molecular weight is 1540 g/mol. The molecular formula is C72H132N16O16S2. The van der Waals surface area contributed by atoms with Crippen LogP contribution in [0.3, 0.4) is 0 Å². The van der Waals surface area contributed by atoms with E-state index in [2.05, 4.69) is 87.1 Å². The van der Waals surface area contributed by atoms with E-state index in [1.807, 2.05) is 34.0 Å². The van der Waals surface area contributed by atoms with E-state index in [4.69, 9.17) is 11.5 Å². The number of nitrogens with two attached hydrogens (primary N) is 2. The number of hydrogen-bond donors (Lipinski definition) is 18. The first-order chi connectivity index (χ1) is 49.3. The summed E-state index contributed by atoms with van der Waals surface area (Å²) in [4.78, 5) is 205. The molecule has 32 nitrogen and oxygen atoms in total. The molecule has 608 valence electrons. The first kappa shape index (κ1) is 98.7. The molecule has 106 heavy (non-hydrogen) atoms. The molecule has 0 aliphatic heterocycles. The molecule has 0 aromatic heterocycles. The Balaban J connectivity index is 6.45. The summed E-state index contributed by atoms with van der Waals surface area (Å²) in [6, 6.07) is -18.1. The summed E-state index contributed by atoms with van der Waals surface area (Å²) in [6.07, 6.45) is 4.47. The maximum absolute atomic E-state index is 14.4. The Morgan fingerprint density at radius 3 is 0.934 bits per heavy atom. The van der Waals surface area contributed by atoms with Crippen molar-refractivity contribution in [2.75, 3.05) is 24.3 Å². The van der Waals surface area contributed by atoms with Gasteiger partial charge in [0.15, 0.2) is 0 Å². The van der Waals surface area contributed by atoms with Crippen LogP contribution < -0.4 is 85.9 Å². The summed E-state index contributed by atoms with van der Waals surface area (Å²) < 4.78 is 0. The molecule has 1 unspecified atom stereocenters.